The number of hydrogen-bond donors (Lipinski definition) is 9. The molecule has 0 rings (SSSR count). The summed E-state index contributed by atoms with van der Waals surface area (Å²) in [7, 11) is 1.48. The number of aliphatic hydroxyl groups is 1. The number of aliphatic imine (C=N–C) groups is 1. The van der Waals surface area contributed by atoms with Gasteiger partial charge in [-0.05, 0) is 12.8 Å². The second-order valence-electron chi connectivity index (χ2n) is 5.68. The van der Waals surface area contributed by atoms with Gasteiger partial charge in [0.2, 0.25) is 0 Å². The van der Waals surface area contributed by atoms with Crippen molar-refractivity contribution in [2.24, 2.45) is 22.2 Å². The van der Waals surface area contributed by atoms with Gasteiger partial charge in [-0.1, -0.05) is 0 Å². The maximum atomic E-state index is 10.4. The number of guanidine groups is 2. The van der Waals surface area contributed by atoms with Crippen LogP contribution in [0.1, 0.15) is 25.7 Å². The van der Waals surface area contributed by atoms with Gasteiger partial charge >= 0.3 is 23.9 Å². The fourth-order valence-electron chi connectivity index (χ4n) is 1.79. The van der Waals surface area contributed by atoms with Gasteiger partial charge in [0.15, 0.2) is 17.5 Å². The number of nitrogens with zero attached hydrogens (tertiary/aromatic N) is 2. The summed E-state index contributed by atoms with van der Waals surface area (Å²) >= 11 is 0. The molecule has 0 fully saturated rings. The molecule has 0 saturated heterocycles. The van der Waals surface area contributed by atoms with Crippen LogP contribution in [0.2, 0.25) is 0 Å². The number of nitrogens with two attached hydrogens (primary N) is 3. The first-order chi connectivity index (χ1) is 13.2. The van der Waals surface area contributed by atoms with Crippen molar-refractivity contribution in [3.8, 4) is 0 Å². The Balaban J connectivity index is 0. The van der Waals surface area contributed by atoms with Gasteiger partial charge in [0.05, 0.1) is 12.8 Å². The predicted molar refractivity (Wildman–Crippen MR) is 98.1 cm³/mol. The quantitative estimate of drug-likeness (QED) is 0.126. The van der Waals surface area contributed by atoms with Crippen molar-refractivity contribution in [3.05, 3.63) is 0 Å². The Bertz CT molecular complexity index is 635. The molecule has 0 heterocycles. The van der Waals surface area contributed by atoms with Crippen molar-refractivity contribution in [2.45, 2.75) is 37.3 Å². The molecular formula is C14H26N6O9. The molecule has 0 aliphatic heterocycles. The summed E-state index contributed by atoms with van der Waals surface area (Å²) in [5, 5.41) is 49.6. The Kier molecular flexibility index (Phi) is 12.3. The summed E-state index contributed by atoms with van der Waals surface area (Å²) in [6.45, 7) is 0.319. The average Bonchev–Trinajstić information content (AvgIpc) is 2.56. The van der Waals surface area contributed by atoms with E-state index >= 15 is 0 Å². The molecule has 0 saturated carbocycles. The van der Waals surface area contributed by atoms with Crippen LogP contribution in [0.25, 0.3) is 0 Å². The molecule has 0 bridgehead atoms. The Morgan fingerprint density at radius 3 is 1.79 bits per heavy atom. The molecule has 0 aromatic rings. The zero-order valence-corrected chi connectivity index (χ0v) is 15.6. The molecule has 29 heavy (non-hydrogen) atoms. The number of nitrogens with one attached hydrogen (secondary N) is 1. The normalized spacial score (nSPS) is 12.2. The van der Waals surface area contributed by atoms with Gasteiger partial charge < -0.3 is 42.7 Å². The van der Waals surface area contributed by atoms with Gasteiger partial charge in [0.25, 0.3) is 0 Å². The van der Waals surface area contributed by atoms with E-state index in [1.807, 2.05) is 0 Å². The molecule has 15 heteroatoms. The summed E-state index contributed by atoms with van der Waals surface area (Å²) in [6, 6.07) is -0.909. The van der Waals surface area contributed by atoms with E-state index < -0.39 is 48.4 Å². The topological polar surface area (TPSA) is 287 Å². The van der Waals surface area contributed by atoms with Gasteiger partial charge in [0, 0.05) is 13.6 Å². The van der Waals surface area contributed by atoms with E-state index in [4.69, 9.17) is 48.1 Å². The molecule has 0 aromatic carbocycles. The lowest BCUT2D eigenvalue weighted by Gasteiger charge is -2.21. The van der Waals surface area contributed by atoms with E-state index in [0.29, 0.717) is 13.0 Å². The van der Waals surface area contributed by atoms with Crippen molar-refractivity contribution in [2.75, 3.05) is 13.6 Å². The number of rotatable bonds is 10. The minimum Gasteiger partial charge on any atom is -0.481 e. The van der Waals surface area contributed by atoms with E-state index in [-0.39, 0.29) is 18.3 Å². The van der Waals surface area contributed by atoms with E-state index in [2.05, 4.69) is 4.99 Å². The van der Waals surface area contributed by atoms with Crippen LogP contribution >= 0.6 is 0 Å². The molecule has 0 aromatic heterocycles. The highest BCUT2D eigenvalue weighted by Crippen LogP contribution is 2.15. The lowest BCUT2D eigenvalue weighted by molar-refractivity contribution is -0.170. The zero-order chi connectivity index (χ0) is 23.4. The number of hydrogen-bond acceptors (Lipinski definition) is 8. The number of carboxylic acid groups (broad SMARTS) is 4. The molecule has 0 radical (unpaired) electrons. The lowest BCUT2D eigenvalue weighted by Crippen LogP contribution is -2.46. The van der Waals surface area contributed by atoms with E-state index in [9.17, 15) is 19.2 Å². The second kappa shape index (κ2) is 12.8. The van der Waals surface area contributed by atoms with Crippen molar-refractivity contribution < 1.29 is 44.7 Å². The van der Waals surface area contributed by atoms with Gasteiger partial charge in [-0.25, -0.2) is 4.79 Å². The Morgan fingerprint density at radius 2 is 1.52 bits per heavy atom. The number of aliphatic carboxylic acids is 4. The van der Waals surface area contributed by atoms with Crippen molar-refractivity contribution in [3.63, 3.8) is 0 Å². The smallest absolute Gasteiger partial charge is 0.336 e. The summed E-state index contributed by atoms with van der Waals surface area (Å²) in [6.07, 6.45) is -1.54. The minimum absolute atomic E-state index is 0.122. The fraction of sp³-hybridized carbons (Fsp3) is 0.571. The van der Waals surface area contributed by atoms with Crippen LogP contribution in [-0.2, 0) is 19.2 Å². The average molecular weight is 422 g/mol. The number of carbonyl (C=O) groups is 4. The number of carboxylic acids is 4. The summed E-state index contributed by atoms with van der Waals surface area (Å²) in [5.41, 5.74) is 13.4. The van der Waals surface area contributed by atoms with Crippen LogP contribution in [0.5, 0.6) is 0 Å². The predicted octanol–water partition coefficient (Wildman–Crippen LogP) is -2.93. The standard InChI is InChI=1S/C8H18N6O2.C6H8O7/c1-13-8(12)14(7(10)11)4-2-3-5(9)6(15)16;7-3(8)1-6(13,5(11)12)2-4(9)10/h5H,2-4,9H2,1H3,(H3,10,11)(H2,12,13)(H,15,16);13H,1-2H2,(H,7,8)(H,9,10)(H,11,12)/t5-;/m0./s1. The second-order valence-corrected chi connectivity index (χ2v) is 5.68. The third-order valence-corrected chi connectivity index (χ3v) is 3.30. The highest BCUT2D eigenvalue weighted by atomic mass is 16.4. The Labute approximate surface area is 164 Å². The summed E-state index contributed by atoms with van der Waals surface area (Å²) in [4.78, 5) is 45.9. The van der Waals surface area contributed by atoms with Crippen LogP contribution in [0.4, 0.5) is 0 Å². The SMILES string of the molecule is CN=C(N)N(CCC[C@H](N)C(=O)O)C(=N)N.O=C(O)CC(O)(CC(=O)O)C(=O)O. The van der Waals surface area contributed by atoms with Crippen LogP contribution < -0.4 is 17.2 Å². The van der Waals surface area contributed by atoms with Crippen molar-refractivity contribution in [1.82, 2.24) is 4.90 Å². The largest absolute Gasteiger partial charge is 0.481 e. The molecule has 0 amide bonds. The van der Waals surface area contributed by atoms with Crippen LogP contribution in [0.15, 0.2) is 4.99 Å². The van der Waals surface area contributed by atoms with Gasteiger partial charge in [-0.15, -0.1) is 0 Å². The first kappa shape index (κ1) is 27.8. The fourth-order valence-corrected chi connectivity index (χ4v) is 1.79. The molecule has 0 unspecified atom stereocenters. The van der Waals surface area contributed by atoms with Crippen LogP contribution in [0, 0.1) is 5.41 Å². The lowest BCUT2D eigenvalue weighted by atomic mass is 9.96. The first-order valence-corrected chi connectivity index (χ1v) is 7.89. The molecule has 12 N–H and O–H groups in total. The third-order valence-electron chi connectivity index (χ3n) is 3.30. The van der Waals surface area contributed by atoms with E-state index in [0.717, 1.165) is 0 Å². The minimum atomic E-state index is -2.74. The Hall–Kier alpha value is -3.46. The Morgan fingerprint density at radius 1 is 1.07 bits per heavy atom. The highest BCUT2D eigenvalue weighted by Gasteiger charge is 2.40. The molecule has 0 spiro atoms. The van der Waals surface area contributed by atoms with Gasteiger partial charge in [-0.3, -0.25) is 29.7 Å². The summed E-state index contributed by atoms with van der Waals surface area (Å²) < 4.78 is 0. The molecule has 0 aliphatic carbocycles. The molecule has 1 atom stereocenters. The zero-order valence-electron chi connectivity index (χ0n) is 15.6. The van der Waals surface area contributed by atoms with Crippen LogP contribution in [0.3, 0.4) is 0 Å². The van der Waals surface area contributed by atoms with Crippen molar-refractivity contribution >= 4 is 35.8 Å². The maximum Gasteiger partial charge on any atom is 0.336 e. The van der Waals surface area contributed by atoms with E-state index in [1.54, 1.807) is 0 Å². The maximum absolute atomic E-state index is 10.4. The van der Waals surface area contributed by atoms with Gasteiger partial charge in [0.1, 0.15) is 6.04 Å². The summed E-state index contributed by atoms with van der Waals surface area (Å²) in [5.74, 6) is -6.18. The first-order valence-electron chi connectivity index (χ1n) is 7.89. The third kappa shape index (κ3) is 11.8. The van der Waals surface area contributed by atoms with Crippen LogP contribution in [-0.4, -0.2) is 91.5 Å². The van der Waals surface area contributed by atoms with Gasteiger partial charge in [-0.2, -0.15) is 0 Å². The molecule has 15 nitrogen and oxygen atoms in total. The van der Waals surface area contributed by atoms with Crippen molar-refractivity contribution in [1.29, 1.82) is 5.41 Å². The van der Waals surface area contributed by atoms with E-state index in [1.165, 1.54) is 11.9 Å². The molecule has 166 valence electrons. The molecule has 0 aliphatic rings. The highest BCUT2D eigenvalue weighted by molar-refractivity contribution is 5.95. The monoisotopic (exact) mass is 422 g/mol. The molecular weight excluding hydrogens is 396 g/mol.